The zero-order valence-corrected chi connectivity index (χ0v) is 22.8. The van der Waals surface area contributed by atoms with Crippen molar-refractivity contribution in [3.05, 3.63) is 77.2 Å². The van der Waals surface area contributed by atoms with Gasteiger partial charge in [0.1, 0.15) is 0 Å². The van der Waals surface area contributed by atoms with Gasteiger partial charge in [-0.2, -0.15) is 10.2 Å². The maximum absolute atomic E-state index is 6.16. The lowest BCUT2D eigenvalue weighted by Gasteiger charge is -2.20. The second-order valence-electron chi connectivity index (χ2n) is 10.5. The molecule has 1 fully saturated rings. The minimum absolute atomic E-state index is 0.395. The first-order valence-electron chi connectivity index (χ1n) is 14.4. The first-order chi connectivity index (χ1) is 18.2. The standard InChI is InChI=1S/C32H44N4O/c1-3-4-5-6-7-8-10-26-12-14-27(15-13-26)30-18-21-34-32(30)24-37-22-9-11-29-23-31(36-35-25(29)2)28-16-19-33-20-17-28/h12-17,19-20,23,30,32,34H,3-11,18,21-22,24H2,1-2H3/t30-,32-/m1/s1. The van der Waals surface area contributed by atoms with Gasteiger partial charge in [-0.25, -0.2) is 0 Å². The maximum atomic E-state index is 6.16. The largest absolute Gasteiger partial charge is 0.380 e. The highest BCUT2D eigenvalue weighted by Gasteiger charge is 2.28. The third-order valence-corrected chi connectivity index (χ3v) is 7.67. The van der Waals surface area contributed by atoms with Gasteiger partial charge in [0, 0.05) is 36.5 Å². The fourth-order valence-electron chi connectivity index (χ4n) is 5.37. The maximum Gasteiger partial charge on any atom is 0.0933 e. The number of benzene rings is 1. The monoisotopic (exact) mass is 500 g/mol. The molecule has 0 saturated carbocycles. The highest BCUT2D eigenvalue weighted by atomic mass is 16.5. The second kappa shape index (κ2) is 14.9. The van der Waals surface area contributed by atoms with Crippen molar-refractivity contribution in [2.75, 3.05) is 19.8 Å². The van der Waals surface area contributed by atoms with Crippen molar-refractivity contribution in [1.82, 2.24) is 20.5 Å². The van der Waals surface area contributed by atoms with Gasteiger partial charge in [-0.1, -0.05) is 63.3 Å². The normalized spacial score (nSPS) is 17.4. The van der Waals surface area contributed by atoms with Gasteiger partial charge in [-0.3, -0.25) is 4.98 Å². The molecular weight excluding hydrogens is 456 g/mol. The topological polar surface area (TPSA) is 59.9 Å². The van der Waals surface area contributed by atoms with Crippen molar-refractivity contribution in [2.45, 2.75) is 90.0 Å². The minimum Gasteiger partial charge on any atom is -0.380 e. The second-order valence-corrected chi connectivity index (χ2v) is 10.5. The molecule has 2 aromatic heterocycles. The highest BCUT2D eigenvalue weighted by molar-refractivity contribution is 5.58. The summed E-state index contributed by atoms with van der Waals surface area (Å²) in [4.78, 5) is 4.09. The first-order valence-corrected chi connectivity index (χ1v) is 14.4. The molecule has 1 aromatic carbocycles. The molecule has 0 aliphatic carbocycles. The zero-order chi connectivity index (χ0) is 25.7. The summed E-state index contributed by atoms with van der Waals surface area (Å²) in [6.07, 6.45) is 16.0. The van der Waals surface area contributed by atoms with E-state index in [1.54, 1.807) is 12.4 Å². The predicted octanol–water partition coefficient (Wildman–Crippen LogP) is 6.84. The Kier molecular flexibility index (Phi) is 11.1. The summed E-state index contributed by atoms with van der Waals surface area (Å²) >= 11 is 0. The molecule has 198 valence electrons. The molecule has 1 N–H and O–H groups in total. The number of aromatic nitrogens is 3. The summed E-state index contributed by atoms with van der Waals surface area (Å²) in [5, 5.41) is 12.4. The average Bonchev–Trinajstić information content (AvgIpc) is 3.41. The number of ether oxygens (including phenoxy) is 1. The van der Waals surface area contributed by atoms with Crippen LogP contribution in [0.2, 0.25) is 0 Å². The van der Waals surface area contributed by atoms with Crippen molar-refractivity contribution in [2.24, 2.45) is 0 Å². The minimum atomic E-state index is 0.395. The van der Waals surface area contributed by atoms with E-state index in [1.165, 1.54) is 68.1 Å². The lowest BCUT2D eigenvalue weighted by Crippen LogP contribution is -2.31. The Hall–Kier alpha value is -2.63. The molecule has 5 nitrogen and oxygen atoms in total. The number of nitrogens with zero attached hydrogens (tertiary/aromatic N) is 3. The van der Waals surface area contributed by atoms with Gasteiger partial charge in [0.25, 0.3) is 0 Å². The molecule has 0 bridgehead atoms. The van der Waals surface area contributed by atoms with Gasteiger partial charge < -0.3 is 10.1 Å². The summed E-state index contributed by atoms with van der Waals surface area (Å²) < 4.78 is 6.16. The van der Waals surface area contributed by atoms with Crippen molar-refractivity contribution in [3.63, 3.8) is 0 Å². The van der Waals surface area contributed by atoms with E-state index in [-0.39, 0.29) is 0 Å². The van der Waals surface area contributed by atoms with E-state index in [9.17, 15) is 0 Å². The predicted molar refractivity (Wildman–Crippen MR) is 152 cm³/mol. The molecule has 4 rings (SSSR count). The Morgan fingerprint density at radius 2 is 1.68 bits per heavy atom. The summed E-state index contributed by atoms with van der Waals surface area (Å²) in [5.41, 5.74) is 7.12. The molecule has 3 heterocycles. The number of aryl methyl sites for hydroxylation is 3. The summed E-state index contributed by atoms with van der Waals surface area (Å²) in [7, 11) is 0. The fraction of sp³-hybridized carbons (Fsp3) is 0.531. The molecule has 2 atom stereocenters. The molecule has 0 radical (unpaired) electrons. The quantitative estimate of drug-likeness (QED) is 0.231. The van der Waals surface area contributed by atoms with E-state index in [4.69, 9.17) is 4.74 Å². The van der Waals surface area contributed by atoms with E-state index in [1.807, 2.05) is 19.1 Å². The highest BCUT2D eigenvalue weighted by Crippen LogP contribution is 2.28. The van der Waals surface area contributed by atoms with Gasteiger partial charge in [-0.15, -0.1) is 0 Å². The van der Waals surface area contributed by atoms with Gasteiger partial charge >= 0.3 is 0 Å². The van der Waals surface area contributed by atoms with Gasteiger partial charge in [0.15, 0.2) is 0 Å². The van der Waals surface area contributed by atoms with Crippen molar-refractivity contribution >= 4 is 0 Å². The first kappa shape index (κ1) is 27.4. The molecule has 1 aliphatic heterocycles. The van der Waals surface area contributed by atoms with Crippen molar-refractivity contribution < 1.29 is 4.74 Å². The van der Waals surface area contributed by atoms with E-state index >= 15 is 0 Å². The Bertz CT molecular complexity index is 1050. The van der Waals surface area contributed by atoms with Crippen LogP contribution in [-0.4, -0.2) is 41.0 Å². The van der Waals surface area contributed by atoms with Crippen LogP contribution in [0.15, 0.2) is 54.9 Å². The van der Waals surface area contributed by atoms with Crippen LogP contribution in [0.25, 0.3) is 11.3 Å². The number of pyridine rings is 1. The van der Waals surface area contributed by atoms with Crippen LogP contribution in [0.3, 0.4) is 0 Å². The number of rotatable bonds is 15. The van der Waals surface area contributed by atoms with E-state index < -0.39 is 0 Å². The van der Waals surface area contributed by atoms with Crippen LogP contribution in [0.5, 0.6) is 0 Å². The zero-order valence-electron chi connectivity index (χ0n) is 22.8. The third kappa shape index (κ3) is 8.44. The molecular formula is C32H44N4O. The molecule has 0 unspecified atom stereocenters. The molecule has 0 amide bonds. The van der Waals surface area contributed by atoms with Crippen molar-refractivity contribution in [3.8, 4) is 11.3 Å². The molecule has 1 saturated heterocycles. The molecule has 0 spiro atoms. The molecule has 5 heteroatoms. The number of hydrogen-bond acceptors (Lipinski definition) is 5. The van der Waals surface area contributed by atoms with Crippen LogP contribution in [0.4, 0.5) is 0 Å². The van der Waals surface area contributed by atoms with Crippen LogP contribution in [0, 0.1) is 6.92 Å². The smallest absolute Gasteiger partial charge is 0.0933 e. The van der Waals surface area contributed by atoms with E-state index in [0.717, 1.165) is 49.6 Å². The van der Waals surface area contributed by atoms with Crippen LogP contribution in [-0.2, 0) is 17.6 Å². The summed E-state index contributed by atoms with van der Waals surface area (Å²) in [5.74, 6) is 0.539. The molecule has 1 aliphatic rings. The van der Waals surface area contributed by atoms with Crippen LogP contribution < -0.4 is 5.32 Å². The number of unbranched alkanes of at least 4 members (excludes halogenated alkanes) is 5. The summed E-state index contributed by atoms with van der Waals surface area (Å²) in [6.45, 7) is 6.90. The average molecular weight is 501 g/mol. The Balaban J connectivity index is 1.18. The summed E-state index contributed by atoms with van der Waals surface area (Å²) in [6, 6.07) is 15.9. The van der Waals surface area contributed by atoms with Crippen LogP contribution in [0.1, 0.15) is 86.6 Å². The van der Waals surface area contributed by atoms with E-state index in [2.05, 4.69) is 57.8 Å². The van der Waals surface area contributed by atoms with Crippen molar-refractivity contribution in [1.29, 1.82) is 0 Å². The third-order valence-electron chi connectivity index (χ3n) is 7.67. The van der Waals surface area contributed by atoms with Crippen LogP contribution >= 0.6 is 0 Å². The Morgan fingerprint density at radius 3 is 2.49 bits per heavy atom. The SMILES string of the molecule is CCCCCCCCc1ccc([C@H]2CCN[C@@H]2COCCCc2cc(-c3ccncc3)nnc2C)cc1. The number of nitrogens with one attached hydrogen (secondary N) is 1. The van der Waals surface area contributed by atoms with Gasteiger partial charge in [-0.05, 0) is 80.5 Å². The lowest BCUT2D eigenvalue weighted by atomic mass is 9.91. The van der Waals surface area contributed by atoms with Gasteiger partial charge in [0.05, 0.1) is 18.0 Å². The Labute approximate surface area is 223 Å². The van der Waals surface area contributed by atoms with Gasteiger partial charge in [0.2, 0.25) is 0 Å². The fourth-order valence-corrected chi connectivity index (χ4v) is 5.37. The molecule has 37 heavy (non-hydrogen) atoms. The Morgan fingerprint density at radius 1 is 0.892 bits per heavy atom. The van der Waals surface area contributed by atoms with E-state index in [0.29, 0.717) is 12.0 Å². The lowest BCUT2D eigenvalue weighted by molar-refractivity contribution is 0.110. The molecule has 3 aromatic rings. The number of hydrogen-bond donors (Lipinski definition) is 1.